The van der Waals surface area contributed by atoms with E-state index in [0.29, 0.717) is 12.5 Å². The Kier molecular flexibility index (Phi) is 3.91. The first-order chi connectivity index (χ1) is 10.2. The number of hydrogen-bond donors (Lipinski definition) is 0. The number of Topliss-reactive ketones (excluding diaryl/α,β-unsaturated/α-hetero) is 1. The van der Waals surface area contributed by atoms with Crippen molar-refractivity contribution in [1.82, 2.24) is 9.78 Å². The van der Waals surface area contributed by atoms with Gasteiger partial charge in [0.05, 0.1) is 12.1 Å². The molecule has 3 rings (SSSR count). The zero-order valence-corrected chi connectivity index (χ0v) is 12.8. The molecule has 0 saturated heterocycles. The van der Waals surface area contributed by atoms with Gasteiger partial charge < -0.3 is 0 Å². The average molecular weight is 282 g/mol. The second-order valence-electron chi connectivity index (χ2n) is 5.98. The molecule has 1 aliphatic carbocycles. The minimum Gasteiger partial charge on any atom is -0.294 e. The van der Waals surface area contributed by atoms with Gasteiger partial charge in [0, 0.05) is 17.8 Å². The Morgan fingerprint density at radius 3 is 2.90 bits per heavy atom. The number of ketones is 1. The molecule has 3 nitrogen and oxygen atoms in total. The van der Waals surface area contributed by atoms with Crippen LogP contribution in [0, 0.1) is 0 Å². The summed E-state index contributed by atoms with van der Waals surface area (Å²) in [5.74, 6) is 0.166. The van der Waals surface area contributed by atoms with Crippen molar-refractivity contribution in [2.75, 3.05) is 0 Å². The average Bonchev–Trinajstić information content (AvgIpc) is 3.14. The van der Waals surface area contributed by atoms with Crippen LogP contribution in [0.5, 0.6) is 0 Å². The molecule has 0 amide bonds. The van der Waals surface area contributed by atoms with E-state index in [1.54, 1.807) is 0 Å². The third-order valence-electron chi connectivity index (χ3n) is 4.47. The van der Waals surface area contributed by atoms with Crippen molar-refractivity contribution >= 4 is 5.78 Å². The lowest BCUT2D eigenvalue weighted by Crippen LogP contribution is -2.08. The SMILES string of the molecule is CCC(C)n1ccc(CC(=O)c2ccc3c(c2)CCC3)n1. The van der Waals surface area contributed by atoms with Crippen molar-refractivity contribution in [2.45, 2.75) is 52.0 Å². The van der Waals surface area contributed by atoms with Crippen LogP contribution in [-0.2, 0) is 19.3 Å². The molecular weight excluding hydrogens is 260 g/mol. The van der Waals surface area contributed by atoms with E-state index in [1.807, 2.05) is 23.0 Å². The van der Waals surface area contributed by atoms with Gasteiger partial charge in [0.25, 0.3) is 0 Å². The second kappa shape index (κ2) is 5.84. The number of hydrogen-bond acceptors (Lipinski definition) is 2. The quantitative estimate of drug-likeness (QED) is 0.782. The molecule has 0 spiro atoms. The summed E-state index contributed by atoms with van der Waals surface area (Å²) in [6, 6.07) is 8.51. The molecule has 0 aliphatic heterocycles. The lowest BCUT2D eigenvalue weighted by molar-refractivity contribution is 0.0991. The van der Waals surface area contributed by atoms with Crippen molar-refractivity contribution in [2.24, 2.45) is 0 Å². The summed E-state index contributed by atoms with van der Waals surface area (Å²) < 4.78 is 1.95. The van der Waals surface area contributed by atoms with Crippen LogP contribution in [0.25, 0.3) is 0 Å². The molecular formula is C18H22N2O. The molecule has 1 heterocycles. The minimum atomic E-state index is 0.166. The van der Waals surface area contributed by atoms with Gasteiger partial charge in [-0.25, -0.2) is 0 Å². The molecule has 0 saturated carbocycles. The van der Waals surface area contributed by atoms with E-state index in [9.17, 15) is 4.79 Å². The topological polar surface area (TPSA) is 34.9 Å². The maximum atomic E-state index is 12.4. The van der Waals surface area contributed by atoms with Crippen molar-refractivity contribution in [3.05, 3.63) is 52.8 Å². The molecule has 2 aromatic rings. The number of rotatable bonds is 5. The van der Waals surface area contributed by atoms with E-state index in [1.165, 1.54) is 17.5 Å². The number of carbonyl (C=O) groups is 1. The molecule has 1 aromatic carbocycles. The summed E-state index contributed by atoms with van der Waals surface area (Å²) in [4.78, 5) is 12.4. The summed E-state index contributed by atoms with van der Waals surface area (Å²) >= 11 is 0. The van der Waals surface area contributed by atoms with E-state index in [0.717, 1.165) is 30.5 Å². The van der Waals surface area contributed by atoms with Gasteiger partial charge in [-0.1, -0.05) is 19.1 Å². The van der Waals surface area contributed by atoms with Crippen LogP contribution in [-0.4, -0.2) is 15.6 Å². The molecule has 0 radical (unpaired) electrons. The van der Waals surface area contributed by atoms with E-state index in [4.69, 9.17) is 0 Å². The summed E-state index contributed by atoms with van der Waals surface area (Å²) in [7, 11) is 0. The maximum absolute atomic E-state index is 12.4. The Morgan fingerprint density at radius 2 is 2.10 bits per heavy atom. The Labute approximate surface area is 126 Å². The molecule has 0 N–H and O–H groups in total. The van der Waals surface area contributed by atoms with E-state index in [2.05, 4.69) is 31.1 Å². The maximum Gasteiger partial charge on any atom is 0.168 e. The number of carbonyl (C=O) groups excluding carboxylic acids is 1. The van der Waals surface area contributed by atoms with Gasteiger partial charge in [0.2, 0.25) is 0 Å². The number of aromatic nitrogens is 2. The fourth-order valence-electron chi connectivity index (χ4n) is 2.92. The smallest absolute Gasteiger partial charge is 0.168 e. The van der Waals surface area contributed by atoms with Crippen molar-refractivity contribution in [1.29, 1.82) is 0 Å². The Balaban J connectivity index is 1.73. The standard InChI is InChI=1S/C18H22N2O/c1-3-13(2)20-10-9-17(19-20)12-18(21)16-8-7-14-5-4-6-15(14)11-16/h7-11,13H,3-6,12H2,1-2H3. The number of aryl methyl sites for hydroxylation is 2. The fraction of sp³-hybridized carbons (Fsp3) is 0.444. The number of benzene rings is 1. The lowest BCUT2D eigenvalue weighted by Gasteiger charge is -2.08. The van der Waals surface area contributed by atoms with Crippen LogP contribution in [0.1, 0.15) is 59.9 Å². The third-order valence-corrected chi connectivity index (χ3v) is 4.47. The highest BCUT2D eigenvalue weighted by molar-refractivity contribution is 5.97. The molecule has 1 aromatic heterocycles. The zero-order valence-electron chi connectivity index (χ0n) is 12.8. The molecule has 0 fully saturated rings. The molecule has 1 aliphatic rings. The monoisotopic (exact) mass is 282 g/mol. The van der Waals surface area contributed by atoms with Crippen LogP contribution in [0.2, 0.25) is 0 Å². The summed E-state index contributed by atoms with van der Waals surface area (Å²) in [6.07, 6.45) is 6.89. The van der Waals surface area contributed by atoms with Gasteiger partial charge >= 0.3 is 0 Å². The van der Waals surface area contributed by atoms with Gasteiger partial charge in [0.15, 0.2) is 5.78 Å². The summed E-state index contributed by atoms with van der Waals surface area (Å²) in [5.41, 5.74) is 4.45. The Hall–Kier alpha value is -1.90. The highest BCUT2D eigenvalue weighted by Gasteiger charge is 2.15. The van der Waals surface area contributed by atoms with Crippen LogP contribution in [0.15, 0.2) is 30.5 Å². The van der Waals surface area contributed by atoms with Gasteiger partial charge in [0.1, 0.15) is 0 Å². The minimum absolute atomic E-state index is 0.166. The normalized spacial score (nSPS) is 15.0. The largest absolute Gasteiger partial charge is 0.294 e. The molecule has 3 heteroatoms. The van der Waals surface area contributed by atoms with E-state index < -0.39 is 0 Å². The number of nitrogens with zero attached hydrogens (tertiary/aromatic N) is 2. The second-order valence-corrected chi connectivity index (χ2v) is 5.98. The first-order valence-corrected chi connectivity index (χ1v) is 7.86. The molecule has 0 bridgehead atoms. The zero-order chi connectivity index (χ0) is 14.8. The summed E-state index contributed by atoms with van der Waals surface area (Å²) in [6.45, 7) is 4.28. The highest BCUT2D eigenvalue weighted by atomic mass is 16.1. The van der Waals surface area contributed by atoms with E-state index >= 15 is 0 Å². The lowest BCUT2D eigenvalue weighted by atomic mass is 10.0. The van der Waals surface area contributed by atoms with Crippen LogP contribution in [0.3, 0.4) is 0 Å². The molecule has 1 unspecified atom stereocenters. The van der Waals surface area contributed by atoms with Crippen LogP contribution >= 0.6 is 0 Å². The van der Waals surface area contributed by atoms with E-state index in [-0.39, 0.29) is 5.78 Å². The fourth-order valence-corrected chi connectivity index (χ4v) is 2.92. The highest BCUT2D eigenvalue weighted by Crippen LogP contribution is 2.23. The molecule has 110 valence electrons. The van der Waals surface area contributed by atoms with Crippen LogP contribution < -0.4 is 0 Å². The first kappa shape index (κ1) is 14.1. The summed E-state index contributed by atoms with van der Waals surface area (Å²) in [5, 5.41) is 4.51. The third kappa shape index (κ3) is 2.92. The van der Waals surface area contributed by atoms with Gasteiger partial charge in [-0.15, -0.1) is 0 Å². The van der Waals surface area contributed by atoms with Crippen molar-refractivity contribution in [3.8, 4) is 0 Å². The van der Waals surface area contributed by atoms with Gasteiger partial charge in [-0.3, -0.25) is 9.48 Å². The predicted octanol–water partition coefficient (Wildman–Crippen LogP) is 3.77. The van der Waals surface area contributed by atoms with Gasteiger partial charge in [-0.05, 0) is 55.9 Å². The molecule has 21 heavy (non-hydrogen) atoms. The van der Waals surface area contributed by atoms with Crippen molar-refractivity contribution in [3.63, 3.8) is 0 Å². The van der Waals surface area contributed by atoms with Gasteiger partial charge in [-0.2, -0.15) is 5.10 Å². The van der Waals surface area contributed by atoms with Crippen LogP contribution in [0.4, 0.5) is 0 Å². The Bertz CT molecular complexity index is 657. The predicted molar refractivity (Wildman–Crippen MR) is 83.7 cm³/mol. The number of fused-ring (bicyclic) bond motifs is 1. The first-order valence-electron chi connectivity index (χ1n) is 7.86. The van der Waals surface area contributed by atoms with Crippen molar-refractivity contribution < 1.29 is 4.79 Å². The molecule has 1 atom stereocenters. The Morgan fingerprint density at radius 1 is 1.29 bits per heavy atom.